The van der Waals surface area contributed by atoms with Crippen molar-refractivity contribution in [2.24, 2.45) is 0 Å². The molecule has 0 bridgehead atoms. The van der Waals surface area contributed by atoms with E-state index in [4.69, 9.17) is 0 Å². The molecule has 0 saturated heterocycles. The van der Waals surface area contributed by atoms with E-state index in [9.17, 15) is 5.11 Å². The van der Waals surface area contributed by atoms with Crippen LogP contribution >= 0.6 is 0 Å². The van der Waals surface area contributed by atoms with Crippen molar-refractivity contribution in [3.05, 3.63) is 0 Å². The average molecular weight is 256 g/mol. The van der Waals surface area contributed by atoms with Gasteiger partial charge in [-0.05, 0) is 40.5 Å². The van der Waals surface area contributed by atoms with E-state index in [1.165, 1.54) is 19.3 Å². The molecule has 0 atom stereocenters. The second-order valence-electron chi connectivity index (χ2n) is 6.39. The van der Waals surface area contributed by atoms with E-state index in [0.29, 0.717) is 12.1 Å². The quantitative estimate of drug-likeness (QED) is 0.687. The average Bonchev–Trinajstić information content (AvgIpc) is 2.28. The molecule has 0 aromatic heterocycles. The highest BCUT2D eigenvalue weighted by Gasteiger charge is 2.28. The Hall–Kier alpha value is -0.120. The normalized spacial score (nSPS) is 20.0. The molecule has 0 amide bonds. The molecule has 0 heterocycles. The van der Waals surface area contributed by atoms with Crippen molar-refractivity contribution in [1.82, 2.24) is 10.2 Å². The Morgan fingerprint density at radius 3 is 2.11 bits per heavy atom. The van der Waals surface area contributed by atoms with Gasteiger partial charge in [0.05, 0.1) is 5.60 Å². The third kappa shape index (κ3) is 5.25. The predicted molar refractivity (Wildman–Crippen MR) is 77.9 cm³/mol. The number of hydrogen-bond donors (Lipinski definition) is 2. The van der Waals surface area contributed by atoms with Crippen molar-refractivity contribution in [2.75, 3.05) is 19.6 Å². The van der Waals surface area contributed by atoms with Gasteiger partial charge in [-0.15, -0.1) is 0 Å². The Balaban J connectivity index is 2.20. The van der Waals surface area contributed by atoms with Crippen LogP contribution in [0.4, 0.5) is 0 Å². The summed E-state index contributed by atoms with van der Waals surface area (Å²) < 4.78 is 0. The molecule has 3 heteroatoms. The first-order valence-electron chi connectivity index (χ1n) is 7.63. The third-order valence-corrected chi connectivity index (χ3v) is 4.11. The summed E-state index contributed by atoms with van der Waals surface area (Å²) in [5, 5.41) is 13.8. The molecule has 1 aliphatic rings. The lowest BCUT2D eigenvalue weighted by Crippen LogP contribution is -2.46. The standard InChI is InChI=1S/C15H32N2O/c1-13(2)17(14(3)4)11-10-16-12-15(18)8-6-5-7-9-15/h13-14,16,18H,5-12H2,1-4H3. The molecular weight excluding hydrogens is 224 g/mol. The zero-order valence-electron chi connectivity index (χ0n) is 12.7. The molecule has 0 aromatic rings. The van der Waals surface area contributed by atoms with Gasteiger partial charge >= 0.3 is 0 Å². The highest BCUT2D eigenvalue weighted by Crippen LogP contribution is 2.27. The molecule has 1 rings (SSSR count). The van der Waals surface area contributed by atoms with E-state index in [-0.39, 0.29) is 0 Å². The van der Waals surface area contributed by atoms with Gasteiger partial charge in [-0.25, -0.2) is 0 Å². The van der Waals surface area contributed by atoms with Crippen molar-refractivity contribution in [3.63, 3.8) is 0 Å². The highest BCUT2D eigenvalue weighted by atomic mass is 16.3. The maximum absolute atomic E-state index is 10.4. The Bertz CT molecular complexity index is 215. The minimum Gasteiger partial charge on any atom is -0.389 e. The summed E-state index contributed by atoms with van der Waals surface area (Å²) in [7, 11) is 0. The lowest BCUT2D eigenvalue weighted by atomic mass is 9.85. The second-order valence-corrected chi connectivity index (χ2v) is 6.39. The fourth-order valence-corrected chi connectivity index (χ4v) is 3.03. The Labute approximate surface area is 113 Å². The SMILES string of the molecule is CC(C)N(CCNCC1(O)CCCCC1)C(C)C. The summed E-state index contributed by atoms with van der Waals surface area (Å²) >= 11 is 0. The third-order valence-electron chi connectivity index (χ3n) is 4.11. The molecular formula is C15H32N2O. The van der Waals surface area contributed by atoms with E-state index in [1.807, 2.05) is 0 Å². The van der Waals surface area contributed by atoms with E-state index in [1.54, 1.807) is 0 Å². The zero-order chi connectivity index (χ0) is 13.6. The van der Waals surface area contributed by atoms with Gasteiger partial charge in [0, 0.05) is 31.7 Å². The van der Waals surface area contributed by atoms with Crippen LogP contribution in [0.3, 0.4) is 0 Å². The van der Waals surface area contributed by atoms with Gasteiger partial charge in [0.1, 0.15) is 0 Å². The maximum Gasteiger partial charge on any atom is 0.0771 e. The lowest BCUT2D eigenvalue weighted by molar-refractivity contribution is 0.00434. The highest BCUT2D eigenvalue weighted by molar-refractivity contribution is 4.84. The van der Waals surface area contributed by atoms with Gasteiger partial charge in [-0.3, -0.25) is 4.90 Å². The van der Waals surface area contributed by atoms with Crippen molar-refractivity contribution < 1.29 is 5.11 Å². The number of aliphatic hydroxyl groups is 1. The number of nitrogens with one attached hydrogen (secondary N) is 1. The first-order chi connectivity index (χ1) is 8.44. The monoisotopic (exact) mass is 256 g/mol. The molecule has 18 heavy (non-hydrogen) atoms. The fraction of sp³-hybridized carbons (Fsp3) is 1.00. The predicted octanol–water partition coefficient (Wildman–Crippen LogP) is 2.39. The van der Waals surface area contributed by atoms with Crippen molar-refractivity contribution in [2.45, 2.75) is 77.5 Å². The Morgan fingerprint density at radius 2 is 1.61 bits per heavy atom. The summed E-state index contributed by atoms with van der Waals surface area (Å²) in [6, 6.07) is 1.18. The number of hydrogen-bond acceptors (Lipinski definition) is 3. The van der Waals surface area contributed by atoms with Crippen LogP contribution in [0, 0.1) is 0 Å². The first kappa shape index (κ1) is 15.9. The van der Waals surface area contributed by atoms with Gasteiger partial charge in [0.15, 0.2) is 0 Å². The van der Waals surface area contributed by atoms with Crippen molar-refractivity contribution in [1.29, 1.82) is 0 Å². The van der Waals surface area contributed by atoms with Gasteiger partial charge in [-0.2, -0.15) is 0 Å². The molecule has 1 aliphatic carbocycles. The summed E-state index contributed by atoms with van der Waals surface area (Å²) in [6.45, 7) is 11.8. The number of rotatable bonds is 7. The van der Waals surface area contributed by atoms with E-state index < -0.39 is 5.60 Å². The van der Waals surface area contributed by atoms with E-state index in [0.717, 1.165) is 32.5 Å². The van der Waals surface area contributed by atoms with E-state index >= 15 is 0 Å². The van der Waals surface area contributed by atoms with Crippen LogP contribution < -0.4 is 5.32 Å². The van der Waals surface area contributed by atoms with Crippen LogP contribution in [0.15, 0.2) is 0 Å². The van der Waals surface area contributed by atoms with Gasteiger partial charge in [-0.1, -0.05) is 19.3 Å². The van der Waals surface area contributed by atoms with Crippen molar-refractivity contribution in [3.8, 4) is 0 Å². The molecule has 108 valence electrons. The molecule has 0 radical (unpaired) electrons. The first-order valence-corrected chi connectivity index (χ1v) is 7.63. The molecule has 1 fully saturated rings. The molecule has 0 spiro atoms. The summed E-state index contributed by atoms with van der Waals surface area (Å²) in [5.41, 5.74) is -0.432. The number of nitrogens with zero attached hydrogens (tertiary/aromatic N) is 1. The van der Waals surface area contributed by atoms with Crippen LogP contribution in [0.1, 0.15) is 59.8 Å². The van der Waals surface area contributed by atoms with Gasteiger partial charge in [0.25, 0.3) is 0 Å². The van der Waals surface area contributed by atoms with Crippen LogP contribution in [-0.2, 0) is 0 Å². The molecule has 3 nitrogen and oxygen atoms in total. The van der Waals surface area contributed by atoms with E-state index in [2.05, 4.69) is 37.9 Å². The molecule has 0 unspecified atom stereocenters. The maximum atomic E-state index is 10.4. The van der Waals surface area contributed by atoms with Crippen LogP contribution in [0.5, 0.6) is 0 Å². The molecule has 1 saturated carbocycles. The fourth-order valence-electron chi connectivity index (χ4n) is 3.03. The Morgan fingerprint density at radius 1 is 1.06 bits per heavy atom. The summed E-state index contributed by atoms with van der Waals surface area (Å²) in [6.07, 6.45) is 5.59. The molecule has 0 aromatic carbocycles. The van der Waals surface area contributed by atoms with Crippen LogP contribution in [-0.4, -0.2) is 47.3 Å². The Kier molecular flexibility index (Phi) is 6.61. The summed E-state index contributed by atoms with van der Waals surface area (Å²) in [5.74, 6) is 0. The minimum atomic E-state index is -0.432. The molecule has 2 N–H and O–H groups in total. The largest absolute Gasteiger partial charge is 0.389 e. The van der Waals surface area contributed by atoms with Gasteiger partial charge in [0.2, 0.25) is 0 Å². The van der Waals surface area contributed by atoms with Crippen LogP contribution in [0.2, 0.25) is 0 Å². The van der Waals surface area contributed by atoms with Crippen molar-refractivity contribution >= 4 is 0 Å². The zero-order valence-corrected chi connectivity index (χ0v) is 12.7. The molecule has 0 aliphatic heterocycles. The minimum absolute atomic E-state index is 0.432. The second kappa shape index (κ2) is 7.46. The lowest BCUT2D eigenvalue weighted by Gasteiger charge is -2.34. The smallest absolute Gasteiger partial charge is 0.0771 e. The summed E-state index contributed by atoms with van der Waals surface area (Å²) in [4.78, 5) is 2.48. The van der Waals surface area contributed by atoms with Gasteiger partial charge < -0.3 is 10.4 Å². The topological polar surface area (TPSA) is 35.5 Å². The van der Waals surface area contributed by atoms with Crippen LogP contribution in [0.25, 0.3) is 0 Å².